The SMILES string of the molecule is O=C(O)N1CCN2CCC(C3CC3)c3cc(Br)cc(c32)C1. The van der Waals surface area contributed by atoms with Crippen molar-refractivity contribution in [2.24, 2.45) is 5.92 Å². The first-order valence-electron chi connectivity index (χ1n) is 7.68. The second-order valence-corrected chi connectivity index (χ2v) is 7.34. The molecular formula is C16H19BrN2O2. The van der Waals surface area contributed by atoms with Gasteiger partial charge in [0.25, 0.3) is 0 Å². The van der Waals surface area contributed by atoms with Crippen LogP contribution in [0.25, 0.3) is 0 Å². The quantitative estimate of drug-likeness (QED) is 0.840. The molecule has 1 aromatic rings. The first-order chi connectivity index (χ1) is 10.1. The summed E-state index contributed by atoms with van der Waals surface area (Å²) in [4.78, 5) is 15.3. The highest BCUT2D eigenvalue weighted by Crippen LogP contribution is 2.51. The number of rotatable bonds is 1. The van der Waals surface area contributed by atoms with E-state index in [0.717, 1.165) is 29.0 Å². The number of hydrogen-bond acceptors (Lipinski definition) is 2. The molecule has 112 valence electrons. The van der Waals surface area contributed by atoms with Crippen LogP contribution in [0.2, 0.25) is 0 Å². The van der Waals surface area contributed by atoms with Gasteiger partial charge in [0.05, 0.1) is 6.54 Å². The number of nitrogens with zero attached hydrogens (tertiary/aromatic N) is 2. The van der Waals surface area contributed by atoms with Crippen molar-refractivity contribution < 1.29 is 9.90 Å². The lowest BCUT2D eigenvalue weighted by atomic mass is 9.84. The molecule has 1 N–H and O–H groups in total. The van der Waals surface area contributed by atoms with Gasteiger partial charge in [-0.1, -0.05) is 15.9 Å². The fourth-order valence-corrected chi connectivity index (χ4v) is 4.45. The van der Waals surface area contributed by atoms with E-state index in [9.17, 15) is 9.90 Å². The Labute approximate surface area is 132 Å². The molecule has 1 saturated carbocycles. The molecule has 2 heterocycles. The summed E-state index contributed by atoms with van der Waals surface area (Å²) in [7, 11) is 0. The molecule has 4 rings (SSSR count). The Hall–Kier alpha value is -1.23. The van der Waals surface area contributed by atoms with E-state index in [1.807, 2.05) is 0 Å². The van der Waals surface area contributed by atoms with Gasteiger partial charge < -0.3 is 14.9 Å². The maximum absolute atomic E-state index is 11.4. The Morgan fingerprint density at radius 1 is 1.19 bits per heavy atom. The van der Waals surface area contributed by atoms with Crippen LogP contribution in [-0.4, -0.2) is 35.7 Å². The zero-order valence-electron chi connectivity index (χ0n) is 11.9. The Kier molecular flexibility index (Phi) is 3.14. The molecule has 0 radical (unpaired) electrons. The van der Waals surface area contributed by atoms with Gasteiger partial charge in [-0.25, -0.2) is 4.79 Å². The maximum atomic E-state index is 11.4. The van der Waals surface area contributed by atoms with E-state index in [-0.39, 0.29) is 0 Å². The Morgan fingerprint density at radius 2 is 2.00 bits per heavy atom. The largest absolute Gasteiger partial charge is 0.465 e. The van der Waals surface area contributed by atoms with Crippen molar-refractivity contribution in [3.63, 3.8) is 0 Å². The molecule has 0 bridgehead atoms. The Morgan fingerprint density at radius 3 is 2.71 bits per heavy atom. The first-order valence-corrected chi connectivity index (χ1v) is 8.48. The topological polar surface area (TPSA) is 43.8 Å². The summed E-state index contributed by atoms with van der Waals surface area (Å²) in [5, 5.41) is 9.35. The number of carbonyl (C=O) groups is 1. The zero-order valence-corrected chi connectivity index (χ0v) is 13.5. The fraction of sp³-hybridized carbons (Fsp3) is 0.562. The van der Waals surface area contributed by atoms with Crippen LogP contribution in [0.4, 0.5) is 10.5 Å². The smallest absolute Gasteiger partial charge is 0.407 e. The van der Waals surface area contributed by atoms with E-state index >= 15 is 0 Å². The van der Waals surface area contributed by atoms with Crippen LogP contribution in [0.15, 0.2) is 16.6 Å². The lowest BCUT2D eigenvalue weighted by molar-refractivity contribution is 0.144. The average Bonchev–Trinajstić information content (AvgIpc) is 3.26. The van der Waals surface area contributed by atoms with Gasteiger partial charge in [-0.05, 0) is 54.4 Å². The third-order valence-corrected chi connectivity index (χ3v) is 5.53. The highest BCUT2D eigenvalue weighted by atomic mass is 79.9. The van der Waals surface area contributed by atoms with Crippen molar-refractivity contribution in [1.82, 2.24) is 4.90 Å². The zero-order chi connectivity index (χ0) is 14.6. The molecule has 0 aromatic heterocycles. The van der Waals surface area contributed by atoms with E-state index in [1.54, 1.807) is 0 Å². The minimum Gasteiger partial charge on any atom is -0.465 e. The van der Waals surface area contributed by atoms with Gasteiger partial charge in [0.2, 0.25) is 0 Å². The van der Waals surface area contributed by atoms with E-state index in [2.05, 4.69) is 33.0 Å². The highest BCUT2D eigenvalue weighted by molar-refractivity contribution is 9.10. The molecule has 3 aliphatic rings. The molecular weight excluding hydrogens is 332 g/mol. The second-order valence-electron chi connectivity index (χ2n) is 6.43. The number of benzene rings is 1. The van der Waals surface area contributed by atoms with Gasteiger partial charge in [-0.3, -0.25) is 0 Å². The summed E-state index contributed by atoms with van der Waals surface area (Å²) in [6.45, 7) is 2.97. The lowest BCUT2D eigenvalue weighted by Gasteiger charge is -2.36. The summed E-state index contributed by atoms with van der Waals surface area (Å²) in [5.41, 5.74) is 3.93. The molecule has 1 atom stereocenters. The van der Waals surface area contributed by atoms with E-state index in [1.165, 1.54) is 35.4 Å². The fourth-order valence-electron chi connectivity index (χ4n) is 3.93. The summed E-state index contributed by atoms with van der Waals surface area (Å²) in [6, 6.07) is 4.37. The molecule has 5 heteroatoms. The maximum Gasteiger partial charge on any atom is 0.407 e. The normalized spacial score (nSPS) is 24.5. The summed E-state index contributed by atoms with van der Waals surface area (Å²) in [6.07, 6.45) is 3.10. The molecule has 1 amide bonds. The molecule has 1 unspecified atom stereocenters. The van der Waals surface area contributed by atoms with Crippen molar-refractivity contribution in [2.45, 2.75) is 31.7 Å². The number of hydrogen-bond donors (Lipinski definition) is 1. The van der Waals surface area contributed by atoms with Gasteiger partial charge in [0, 0.05) is 29.8 Å². The third-order valence-electron chi connectivity index (χ3n) is 5.07. The molecule has 0 spiro atoms. The number of anilines is 1. The summed E-state index contributed by atoms with van der Waals surface area (Å²) < 4.78 is 1.08. The Balaban J connectivity index is 1.81. The Bertz CT molecular complexity index is 600. The molecule has 1 aromatic carbocycles. The van der Waals surface area contributed by atoms with Crippen LogP contribution in [0.5, 0.6) is 0 Å². The second kappa shape index (κ2) is 4.90. The van der Waals surface area contributed by atoms with Gasteiger partial charge in [-0.2, -0.15) is 0 Å². The third kappa shape index (κ3) is 2.31. The van der Waals surface area contributed by atoms with Gasteiger partial charge in [0.15, 0.2) is 0 Å². The van der Waals surface area contributed by atoms with Crippen LogP contribution < -0.4 is 4.90 Å². The highest BCUT2D eigenvalue weighted by Gasteiger charge is 2.38. The van der Waals surface area contributed by atoms with Crippen molar-refractivity contribution in [3.8, 4) is 0 Å². The average molecular weight is 351 g/mol. The van der Waals surface area contributed by atoms with Crippen LogP contribution in [-0.2, 0) is 6.54 Å². The van der Waals surface area contributed by atoms with Gasteiger partial charge in [0.1, 0.15) is 0 Å². The monoisotopic (exact) mass is 350 g/mol. The lowest BCUT2D eigenvalue weighted by Crippen LogP contribution is -2.37. The van der Waals surface area contributed by atoms with Crippen LogP contribution in [0.3, 0.4) is 0 Å². The predicted molar refractivity (Wildman–Crippen MR) is 84.9 cm³/mol. The molecule has 1 aliphatic carbocycles. The van der Waals surface area contributed by atoms with Gasteiger partial charge in [-0.15, -0.1) is 0 Å². The minimum absolute atomic E-state index is 0.505. The van der Waals surface area contributed by atoms with Crippen molar-refractivity contribution in [3.05, 3.63) is 27.7 Å². The minimum atomic E-state index is -0.817. The van der Waals surface area contributed by atoms with Crippen molar-refractivity contribution in [1.29, 1.82) is 0 Å². The molecule has 0 saturated heterocycles. The van der Waals surface area contributed by atoms with Crippen LogP contribution in [0.1, 0.15) is 36.3 Å². The first kappa shape index (κ1) is 13.4. The van der Waals surface area contributed by atoms with Crippen LogP contribution in [0, 0.1) is 5.92 Å². The number of carboxylic acid groups (broad SMARTS) is 1. The number of halogens is 1. The van der Waals surface area contributed by atoms with E-state index in [4.69, 9.17) is 0 Å². The van der Waals surface area contributed by atoms with E-state index in [0.29, 0.717) is 19.0 Å². The summed E-state index contributed by atoms with van der Waals surface area (Å²) in [5.74, 6) is 1.52. The van der Waals surface area contributed by atoms with Crippen molar-refractivity contribution in [2.75, 3.05) is 24.5 Å². The summed E-state index contributed by atoms with van der Waals surface area (Å²) >= 11 is 3.62. The molecule has 2 aliphatic heterocycles. The van der Waals surface area contributed by atoms with Crippen LogP contribution >= 0.6 is 15.9 Å². The standard InChI is InChI=1S/C16H19BrN2O2/c17-12-7-11-9-19(16(20)21)6-5-18-4-3-13(10-1-2-10)14(8-12)15(11)18/h7-8,10,13H,1-6,9H2,(H,20,21). The molecule has 21 heavy (non-hydrogen) atoms. The van der Waals surface area contributed by atoms with Crippen molar-refractivity contribution >= 4 is 27.7 Å². The van der Waals surface area contributed by atoms with E-state index < -0.39 is 6.09 Å². The van der Waals surface area contributed by atoms with Gasteiger partial charge >= 0.3 is 6.09 Å². The number of amides is 1. The molecule has 4 nitrogen and oxygen atoms in total. The molecule has 1 fully saturated rings. The predicted octanol–water partition coefficient (Wildman–Crippen LogP) is 3.65.